The molecule has 0 unspecified atom stereocenters. The third-order valence-electron chi connectivity index (χ3n) is 2.32. The van der Waals surface area contributed by atoms with Gasteiger partial charge in [-0.2, -0.15) is 0 Å². The number of hydrogen-bond acceptors (Lipinski definition) is 4. The molecule has 0 aliphatic rings. The van der Waals surface area contributed by atoms with Gasteiger partial charge >= 0.3 is 5.97 Å². The lowest BCUT2D eigenvalue weighted by Gasteiger charge is -2.11. The first kappa shape index (κ1) is 15.5. The zero-order valence-corrected chi connectivity index (χ0v) is 11.4. The Bertz CT molecular complexity index is 572. The van der Waals surface area contributed by atoms with E-state index in [-0.39, 0.29) is 12.1 Å². The first-order valence-electron chi connectivity index (χ1n) is 5.41. The van der Waals surface area contributed by atoms with Crippen LogP contribution in [0.4, 0.5) is 4.39 Å². The summed E-state index contributed by atoms with van der Waals surface area (Å²) in [6.45, 7) is 0.601. The molecule has 0 aliphatic carbocycles. The average molecular weight is 290 g/mol. The molecule has 6 nitrogen and oxygen atoms in total. The largest absolute Gasteiger partial charge is 0.478 e. The number of rotatable bonds is 6. The molecule has 8 heteroatoms. The van der Waals surface area contributed by atoms with Gasteiger partial charge in [0.1, 0.15) is 10.7 Å². The number of sulfonamides is 1. The Labute approximate surface area is 110 Å². The molecule has 0 radical (unpaired) electrons. The standard InChI is InChI=1S/C11H15FN2O4S/c1-14(2)6-5-13-19(17,18)10-4-3-8(11(15)16)7-9(10)12/h3-4,7,13H,5-6H2,1-2H3,(H,15,16). The van der Waals surface area contributed by atoms with E-state index in [1.54, 1.807) is 19.0 Å². The van der Waals surface area contributed by atoms with Gasteiger partial charge in [0.2, 0.25) is 10.0 Å². The number of carboxylic acid groups (broad SMARTS) is 1. The van der Waals surface area contributed by atoms with Crippen LogP contribution >= 0.6 is 0 Å². The highest BCUT2D eigenvalue weighted by atomic mass is 32.2. The highest BCUT2D eigenvalue weighted by Crippen LogP contribution is 2.15. The highest BCUT2D eigenvalue weighted by Gasteiger charge is 2.20. The van der Waals surface area contributed by atoms with Gasteiger partial charge in [0, 0.05) is 13.1 Å². The van der Waals surface area contributed by atoms with Gasteiger partial charge < -0.3 is 10.0 Å². The molecule has 0 atom stereocenters. The number of nitrogens with zero attached hydrogens (tertiary/aromatic N) is 1. The van der Waals surface area contributed by atoms with E-state index in [1.165, 1.54) is 0 Å². The summed E-state index contributed by atoms with van der Waals surface area (Å²) in [6, 6.07) is 2.67. The topological polar surface area (TPSA) is 86.7 Å². The number of carbonyl (C=O) groups is 1. The fourth-order valence-electron chi connectivity index (χ4n) is 1.33. The van der Waals surface area contributed by atoms with Crippen molar-refractivity contribution in [1.82, 2.24) is 9.62 Å². The van der Waals surface area contributed by atoms with Crippen LogP contribution in [0.1, 0.15) is 10.4 Å². The van der Waals surface area contributed by atoms with Crippen molar-refractivity contribution in [2.24, 2.45) is 0 Å². The monoisotopic (exact) mass is 290 g/mol. The van der Waals surface area contributed by atoms with Crippen LogP contribution in [0.15, 0.2) is 23.1 Å². The van der Waals surface area contributed by atoms with Crippen molar-refractivity contribution < 1.29 is 22.7 Å². The molecule has 1 rings (SSSR count). The van der Waals surface area contributed by atoms with Crippen LogP contribution in [0.2, 0.25) is 0 Å². The second kappa shape index (κ2) is 6.09. The first-order valence-corrected chi connectivity index (χ1v) is 6.89. The molecule has 0 saturated heterocycles. The van der Waals surface area contributed by atoms with Crippen molar-refractivity contribution in [2.75, 3.05) is 27.2 Å². The second-order valence-corrected chi connectivity index (χ2v) is 5.89. The van der Waals surface area contributed by atoms with Crippen molar-refractivity contribution in [3.05, 3.63) is 29.6 Å². The molecule has 0 saturated carbocycles. The van der Waals surface area contributed by atoms with Crippen LogP contribution in [0.25, 0.3) is 0 Å². The quantitative estimate of drug-likeness (QED) is 0.790. The molecule has 0 fully saturated rings. The molecule has 0 amide bonds. The molecular weight excluding hydrogens is 275 g/mol. The first-order chi connectivity index (χ1) is 8.74. The van der Waals surface area contributed by atoms with E-state index in [1.807, 2.05) is 0 Å². The number of nitrogens with one attached hydrogen (secondary N) is 1. The third-order valence-corrected chi connectivity index (χ3v) is 3.81. The van der Waals surface area contributed by atoms with Crippen molar-refractivity contribution >= 4 is 16.0 Å². The van der Waals surface area contributed by atoms with Gasteiger partial charge in [-0.3, -0.25) is 0 Å². The predicted molar refractivity (Wildman–Crippen MR) is 67.1 cm³/mol. The van der Waals surface area contributed by atoms with Gasteiger partial charge in [-0.25, -0.2) is 22.3 Å². The summed E-state index contributed by atoms with van der Waals surface area (Å²) in [5.41, 5.74) is -0.301. The minimum Gasteiger partial charge on any atom is -0.478 e. The molecule has 1 aromatic rings. The van der Waals surface area contributed by atoms with Gasteiger partial charge in [0.25, 0.3) is 0 Å². The Balaban J connectivity index is 2.93. The van der Waals surface area contributed by atoms with Crippen molar-refractivity contribution in [3.63, 3.8) is 0 Å². The van der Waals surface area contributed by atoms with Gasteiger partial charge in [-0.15, -0.1) is 0 Å². The molecule has 1 aromatic carbocycles. The fourth-order valence-corrected chi connectivity index (χ4v) is 2.41. The summed E-state index contributed by atoms with van der Waals surface area (Å²) in [5, 5.41) is 8.67. The Hall–Kier alpha value is -1.51. The fraction of sp³-hybridized carbons (Fsp3) is 0.364. The Morgan fingerprint density at radius 2 is 2.05 bits per heavy atom. The minimum atomic E-state index is -3.97. The Morgan fingerprint density at radius 1 is 1.42 bits per heavy atom. The van der Waals surface area contributed by atoms with Crippen molar-refractivity contribution in [3.8, 4) is 0 Å². The zero-order chi connectivity index (χ0) is 14.6. The van der Waals surface area contributed by atoms with Crippen LogP contribution in [0, 0.1) is 5.82 Å². The smallest absolute Gasteiger partial charge is 0.335 e. The maximum Gasteiger partial charge on any atom is 0.335 e. The lowest BCUT2D eigenvalue weighted by Crippen LogP contribution is -2.31. The minimum absolute atomic E-state index is 0.134. The Morgan fingerprint density at radius 3 is 2.53 bits per heavy atom. The molecule has 0 heterocycles. The SMILES string of the molecule is CN(C)CCNS(=O)(=O)c1ccc(C(=O)O)cc1F. The van der Waals surface area contributed by atoms with E-state index in [9.17, 15) is 17.6 Å². The molecule has 0 spiro atoms. The number of aromatic carboxylic acids is 1. The van der Waals surface area contributed by atoms with Crippen LogP contribution in [0.3, 0.4) is 0 Å². The van der Waals surface area contributed by atoms with Crippen molar-refractivity contribution in [2.45, 2.75) is 4.90 Å². The van der Waals surface area contributed by atoms with E-state index in [0.29, 0.717) is 12.6 Å². The maximum atomic E-state index is 13.6. The molecule has 19 heavy (non-hydrogen) atoms. The highest BCUT2D eigenvalue weighted by molar-refractivity contribution is 7.89. The lowest BCUT2D eigenvalue weighted by molar-refractivity contribution is 0.0696. The van der Waals surface area contributed by atoms with Gasteiger partial charge in [-0.1, -0.05) is 0 Å². The summed E-state index contributed by atoms with van der Waals surface area (Å²) in [7, 11) is -0.425. The molecule has 0 aromatic heterocycles. The third kappa shape index (κ3) is 4.27. The second-order valence-electron chi connectivity index (χ2n) is 4.15. The summed E-state index contributed by atoms with van der Waals surface area (Å²) in [6.07, 6.45) is 0. The van der Waals surface area contributed by atoms with E-state index in [4.69, 9.17) is 5.11 Å². The number of likely N-dealkylation sites (N-methyl/N-ethyl adjacent to an activating group) is 1. The van der Waals surface area contributed by atoms with Crippen LogP contribution < -0.4 is 4.72 Å². The van der Waals surface area contributed by atoms with Crippen LogP contribution in [-0.4, -0.2) is 51.6 Å². The summed E-state index contributed by atoms with van der Waals surface area (Å²) >= 11 is 0. The molecule has 2 N–H and O–H groups in total. The number of halogens is 1. The summed E-state index contributed by atoms with van der Waals surface area (Å²) in [5.74, 6) is -2.40. The van der Waals surface area contributed by atoms with E-state index >= 15 is 0 Å². The number of benzene rings is 1. The van der Waals surface area contributed by atoms with E-state index in [2.05, 4.69) is 4.72 Å². The lowest BCUT2D eigenvalue weighted by atomic mass is 10.2. The molecule has 106 valence electrons. The normalized spacial score (nSPS) is 11.8. The van der Waals surface area contributed by atoms with Crippen molar-refractivity contribution in [1.29, 1.82) is 0 Å². The summed E-state index contributed by atoms with van der Waals surface area (Å²) < 4.78 is 39.4. The van der Waals surface area contributed by atoms with Gasteiger partial charge in [0.05, 0.1) is 5.56 Å². The van der Waals surface area contributed by atoms with Gasteiger partial charge in [0.15, 0.2) is 0 Å². The molecule has 0 bridgehead atoms. The number of hydrogen-bond donors (Lipinski definition) is 2. The van der Waals surface area contributed by atoms with Crippen LogP contribution in [-0.2, 0) is 10.0 Å². The molecule has 0 aliphatic heterocycles. The predicted octanol–water partition coefficient (Wildman–Crippen LogP) is 0.364. The van der Waals surface area contributed by atoms with E-state index in [0.717, 1.165) is 12.1 Å². The molecular formula is C11H15FN2O4S. The maximum absolute atomic E-state index is 13.6. The van der Waals surface area contributed by atoms with Crippen LogP contribution in [0.5, 0.6) is 0 Å². The van der Waals surface area contributed by atoms with E-state index < -0.39 is 26.7 Å². The average Bonchev–Trinajstić information content (AvgIpc) is 2.27. The Kier molecular flexibility index (Phi) is 4.98. The zero-order valence-electron chi connectivity index (χ0n) is 10.6. The summed E-state index contributed by atoms with van der Waals surface area (Å²) in [4.78, 5) is 11.8. The van der Waals surface area contributed by atoms with Gasteiger partial charge in [-0.05, 0) is 32.3 Å². The number of carboxylic acids is 1.